The van der Waals surface area contributed by atoms with Gasteiger partial charge in [0.15, 0.2) is 0 Å². The summed E-state index contributed by atoms with van der Waals surface area (Å²) in [6.45, 7) is 8.58. The molecule has 1 aromatic carbocycles. The second-order valence-electron chi connectivity index (χ2n) is 6.22. The zero-order valence-corrected chi connectivity index (χ0v) is 17.4. The van der Waals surface area contributed by atoms with Crippen molar-refractivity contribution in [3.8, 4) is 11.5 Å². The van der Waals surface area contributed by atoms with E-state index in [1.807, 2.05) is 0 Å². The highest BCUT2D eigenvalue weighted by molar-refractivity contribution is 5.95. The summed E-state index contributed by atoms with van der Waals surface area (Å²) in [6, 6.07) is 5.11. The molecule has 0 aliphatic heterocycles. The second-order valence-corrected chi connectivity index (χ2v) is 6.22. The van der Waals surface area contributed by atoms with Crippen LogP contribution in [0.25, 0.3) is 0 Å². The van der Waals surface area contributed by atoms with Gasteiger partial charge in [-0.25, -0.2) is 4.79 Å². The quantitative estimate of drug-likeness (QED) is 0.258. The molecule has 2 amide bonds. The third-order valence-electron chi connectivity index (χ3n) is 4.00. The molecule has 30 heavy (non-hydrogen) atoms. The molecule has 1 aromatic rings. The molecular formula is C22H30N2O6. The molecule has 8 nitrogen and oxygen atoms in total. The Balaban J connectivity index is 2.54. The first-order valence-corrected chi connectivity index (χ1v) is 9.81. The molecule has 2 N–H and O–H groups in total. The van der Waals surface area contributed by atoms with E-state index in [0.29, 0.717) is 50.6 Å². The van der Waals surface area contributed by atoms with Crippen molar-refractivity contribution >= 4 is 17.8 Å². The second kappa shape index (κ2) is 14.7. The van der Waals surface area contributed by atoms with E-state index in [-0.39, 0.29) is 17.4 Å². The van der Waals surface area contributed by atoms with Crippen LogP contribution in [0.5, 0.6) is 11.5 Å². The minimum Gasteiger partial charge on any atom is -0.493 e. The molecular weight excluding hydrogens is 388 g/mol. The average molecular weight is 418 g/mol. The van der Waals surface area contributed by atoms with Crippen molar-refractivity contribution in [2.75, 3.05) is 33.4 Å². The predicted octanol–water partition coefficient (Wildman–Crippen LogP) is 2.40. The molecule has 1 rings (SSSR count). The van der Waals surface area contributed by atoms with Crippen LogP contribution in [0.1, 0.15) is 36.0 Å². The van der Waals surface area contributed by atoms with Gasteiger partial charge >= 0.3 is 5.97 Å². The third-order valence-corrected chi connectivity index (χ3v) is 4.00. The minimum atomic E-state index is -0.544. The number of ether oxygens (including phenoxy) is 3. The van der Waals surface area contributed by atoms with Gasteiger partial charge in [0.2, 0.25) is 11.8 Å². The van der Waals surface area contributed by atoms with Gasteiger partial charge in [0.25, 0.3) is 0 Å². The van der Waals surface area contributed by atoms with Crippen molar-refractivity contribution in [2.45, 2.75) is 25.7 Å². The first-order chi connectivity index (χ1) is 14.5. The molecule has 0 aliphatic carbocycles. The highest BCUT2D eigenvalue weighted by Gasteiger charge is 2.19. The highest BCUT2D eigenvalue weighted by Crippen LogP contribution is 2.29. The maximum atomic E-state index is 12.2. The summed E-state index contributed by atoms with van der Waals surface area (Å²) < 4.78 is 16.4. The van der Waals surface area contributed by atoms with Crippen LogP contribution in [-0.2, 0) is 14.3 Å². The number of rotatable bonds is 15. The Bertz CT molecular complexity index is 682. The van der Waals surface area contributed by atoms with Gasteiger partial charge in [-0.15, -0.1) is 0 Å². The smallest absolute Gasteiger partial charge is 0.345 e. The fourth-order valence-electron chi connectivity index (χ4n) is 2.44. The van der Waals surface area contributed by atoms with E-state index in [1.54, 1.807) is 18.2 Å². The van der Waals surface area contributed by atoms with Crippen molar-refractivity contribution in [2.24, 2.45) is 0 Å². The predicted molar refractivity (Wildman–Crippen MR) is 114 cm³/mol. The average Bonchev–Trinajstić information content (AvgIpc) is 2.77. The van der Waals surface area contributed by atoms with Crippen molar-refractivity contribution in [1.82, 2.24) is 10.6 Å². The van der Waals surface area contributed by atoms with E-state index in [4.69, 9.17) is 14.2 Å². The van der Waals surface area contributed by atoms with Gasteiger partial charge in [-0.2, -0.15) is 0 Å². The number of nitrogens with one attached hydrogen (secondary N) is 2. The first kappa shape index (κ1) is 24.7. The van der Waals surface area contributed by atoms with Gasteiger partial charge in [0.05, 0.1) is 20.3 Å². The summed E-state index contributed by atoms with van der Waals surface area (Å²) in [5.74, 6) is -0.203. The molecule has 0 aliphatic rings. The van der Waals surface area contributed by atoms with E-state index in [9.17, 15) is 14.4 Å². The van der Waals surface area contributed by atoms with E-state index in [0.717, 1.165) is 12.8 Å². The van der Waals surface area contributed by atoms with Gasteiger partial charge in [-0.1, -0.05) is 19.2 Å². The maximum absolute atomic E-state index is 12.2. The lowest BCUT2D eigenvalue weighted by atomic mass is 10.1. The van der Waals surface area contributed by atoms with Gasteiger partial charge < -0.3 is 24.8 Å². The summed E-state index contributed by atoms with van der Waals surface area (Å²) in [5, 5.41) is 5.38. The fraction of sp³-hybridized carbons (Fsp3) is 0.409. The van der Waals surface area contributed by atoms with E-state index in [1.165, 1.54) is 19.3 Å². The molecule has 0 radical (unpaired) electrons. The molecule has 8 heteroatoms. The number of unbranched alkanes of at least 4 members (excludes halogenated alkanes) is 2. The van der Waals surface area contributed by atoms with Gasteiger partial charge in [0.1, 0.15) is 17.1 Å². The summed E-state index contributed by atoms with van der Waals surface area (Å²) in [7, 11) is 1.30. The molecule has 0 spiro atoms. The van der Waals surface area contributed by atoms with E-state index >= 15 is 0 Å². The summed E-state index contributed by atoms with van der Waals surface area (Å²) in [4.78, 5) is 34.4. The maximum Gasteiger partial charge on any atom is 0.345 e. The molecule has 0 heterocycles. The zero-order valence-electron chi connectivity index (χ0n) is 17.4. The number of carbonyl (C=O) groups excluding carboxylic acids is 3. The Morgan fingerprint density at radius 1 is 0.867 bits per heavy atom. The van der Waals surface area contributed by atoms with Crippen molar-refractivity contribution in [3.05, 3.63) is 49.1 Å². The standard InChI is InChI=1S/C22H30N2O6/c1-4-19(25)23-13-6-8-15-29-17-11-10-12-18(21(17)22(27)28-3)30-16-9-7-14-24-20(26)5-2/h4-5,10-12H,1-2,6-9,13-16H2,3H3,(H,23,25)(H,24,26). The Morgan fingerprint density at radius 2 is 1.33 bits per heavy atom. The SMILES string of the molecule is C=CC(=O)NCCCCOc1cccc(OCCCCNC(=O)C=C)c1C(=O)OC. The van der Waals surface area contributed by atoms with E-state index < -0.39 is 5.97 Å². The number of amides is 2. The Morgan fingerprint density at radius 3 is 1.73 bits per heavy atom. The number of methoxy groups -OCH3 is 1. The Kier molecular flexibility index (Phi) is 12.1. The molecule has 164 valence electrons. The van der Waals surface area contributed by atoms with Crippen molar-refractivity contribution < 1.29 is 28.6 Å². The molecule has 0 saturated carbocycles. The summed E-state index contributed by atoms with van der Waals surface area (Å²) >= 11 is 0. The molecule has 0 saturated heterocycles. The van der Waals surface area contributed by atoms with Crippen LogP contribution in [0.2, 0.25) is 0 Å². The Hall–Kier alpha value is -3.29. The number of esters is 1. The van der Waals surface area contributed by atoms with Gasteiger partial charge in [-0.05, 0) is 50.0 Å². The van der Waals surface area contributed by atoms with Crippen molar-refractivity contribution in [1.29, 1.82) is 0 Å². The number of hydrogen-bond donors (Lipinski definition) is 2. The summed E-state index contributed by atoms with van der Waals surface area (Å²) in [6.07, 6.45) is 5.29. The molecule has 0 fully saturated rings. The number of carbonyl (C=O) groups is 3. The summed E-state index contributed by atoms with van der Waals surface area (Å²) in [5.41, 5.74) is 0.236. The number of hydrogen-bond acceptors (Lipinski definition) is 6. The topological polar surface area (TPSA) is 103 Å². The van der Waals surface area contributed by atoms with Crippen LogP contribution in [0, 0.1) is 0 Å². The van der Waals surface area contributed by atoms with Crippen LogP contribution < -0.4 is 20.1 Å². The molecule has 0 bridgehead atoms. The van der Waals surface area contributed by atoms with Crippen LogP contribution in [0.4, 0.5) is 0 Å². The first-order valence-electron chi connectivity index (χ1n) is 9.81. The Labute approximate surface area is 177 Å². The third kappa shape index (κ3) is 9.27. The lowest BCUT2D eigenvalue weighted by molar-refractivity contribution is -0.117. The zero-order chi connectivity index (χ0) is 22.2. The van der Waals surface area contributed by atoms with Crippen LogP contribution in [0.3, 0.4) is 0 Å². The van der Waals surface area contributed by atoms with E-state index in [2.05, 4.69) is 23.8 Å². The van der Waals surface area contributed by atoms with Crippen LogP contribution in [-0.4, -0.2) is 51.2 Å². The lowest BCUT2D eigenvalue weighted by Gasteiger charge is -2.15. The molecule has 0 atom stereocenters. The lowest BCUT2D eigenvalue weighted by Crippen LogP contribution is -2.22. The molecule has 0 unspecified atom stereocenters. The van der Waals surface area contributed by atoms with Crippen LogP contribution >= 0.6 is 0 Å². The van der Waals surface area contributed by atoms with Crippen LogP contribution in [0.15, 0.2) is 43.5 Å². The molecule has 0 aromatic heterocycles. The number of benzene rings is 1. The largest absolute Gasteiger partial charge is 0.493 e. The monoisotopic (exact) mass is 418 g/mol. The van der Waals surface area contributed by atoms with Crippen molar-refractivity contribution in [3.63, 3.8) is 0 Å². The van der Waals surface area contributed by atoms with Gasteiger partial charge in [-0.3, -0.25) is 9.59 Å². The highest BCUT2D eigenvalue weighted by atomic mass is 16.5. The minimum absolute atomic E-state index is 0.211. The normalized spacial score (nSPS) is 9.90. The fourth-order valence-corrected chi connectivity index (χ4v) is 2.44. The van der Waals surface area contributed by atoms with Gasteiger partial charge in [0, 0.05) is 13.1 Å².